The number of rotatable bonds is 3. The second-order valence-electron chi connectivity index (χ2n) is 10.0. The van der Waals surface area contributed by atoms with Crippen LogP contribution in [0.25, 0.3) is 38.7 Å². The zero-order chi connectivity index (χ0) is 25.1. The van der Waals surface area contributed by atoms with Crippen molar-refractivity contribution in [1.82, 2.24) is 9.61 Å². The molecule has 1 aliphatic rings. The number of aromatic nitrogens is 2. The van der Waals surface area contributed by atoms with Gasteiger partial charge in [-0.15, -0.1) is 0 Å². The minimum atomic E-state index is -0.403. The van der Waals surface area contributed by atoms with Crippen molar-refractivity contribution in [2.75, 3.05) is 0 Å². The Bertz CT molecular complexity index is 1930. The molecule has 178 valence electrons. The Labute approximate surface area is 221 Å². The summed E-state index contributed by atoms with van der Waals surface area (Å²) in [6, 6.07) is 50.6. The molecular weight excluding hydrogens is 460 g/mol. The van der Waals surface area contributed by atoms with Crippen molar-refractivity contribution < 1.29 is 0 Å². The highest BCUT2D eigenvalue weighted by atomic mass is 15.2. The fraction of sp³-hybridized carbons (Fsp3) is 0.0278. The maximum absolute atomic E-state index is 4.83. The number of hydrogen-bond acceptors (Lipinski definition) is 1. The second-order valence-corrected chi connectivity index (χ2v) is 10.0. The van der Waals surface area contributed by atoms with Gasteiger partial charge in [0, 0.05) is 10.9 Å². The average Bonchev–Trinajstić information content (AvgIpc) is 3.56. The lowest BCUT2D eigenvalue weighted by Crippen LogP contribution is -2.28. The standard InChI is InChI=1S/C36H24N2/c1-3-12-27(13-4-1)36(28-14-5-2-6-15-28)32-17-9-8-16-29(32)30-21-19-26(23-33(30)36)31-24-37-38-34-18-10-7-11-25(34)20-22-35(31)38/h1-24H. The fourth-order valence-corrected chi connectivity index (χ4v) is 6.53. The average molecular weight is 485 g/mol. The van der Waals surface area contributed by atoms with Gasteiger partial charge in [0.25, 0.3) is 0 Å². The van der Waals surface area contributed by atoms with Crippen LogP contribution in [0.5, 0.6) is 0 Å². The normalized spacial score (nSPS) is 13.5. The molecule has 0 atom stereocenters. The van der Waals surface area contributed by atoms with Crippen molar-refractivity contribution in [1.29, 1.82) is 0 Å². The highest BCUT2D eigenvalue weighted by molar-refractivity contribution is 5.92. The lowest BCUT2D eigenvalue weighted by atomic mass is 9.67. The highest BCUT2D eigenvalue weighted by Gasteiger charge is 2.46. The third-order valence-electron chi connectivity index (χ3n) is 8.16. The third kappa shape index (κ3) is 2.80. The monoisotopic (exact) mass is 484 g/mol. The topological polar surface area (TPSA) is 17.3 Å². The molecular formula is C36H24N2. The summed E-state index contributed by atoms with van der Waals surface area (Å²) >= 11 is 0. The molecule has 0 bridgehead atoms. The molecule has 8 rings (SSSR count). The molecule has 0 aliphatic heterocycles. The maximum Gasteiger partial charge on any atom is 0.0747 e. The van der Waals surface area contributed by atoms with Gasteiger partial charge in [-0.05, 0) is 57.1 Å². The van der Waals surface area contributed by atoms with Crippen molar-refractivity contribution in [3.8, 4) is 22.3 Å². The Hall–Kier alpha value is -4.95. The smallest absolute Gasteiger partial charge is 0.0747 e. The van der Waals surface area contributed by atoms with Crippen LogP contribution in [-0.2, 0) is 5.41 Å². The van der Waals surface area contributed by atoms with Gasteiger partial charge < -0.3 is 0 Å². The Balaban J connectivity index is 1.44. The highest BCUT2D eigenvalue weighted by Crippen LogP contribution is 2.56. The minimum Gasteiger partial charge on any atom is -0.232 e. The first-order valence-corrected chi connectivity index (χ1v) is 13.1. The lowest BCUT2D eigenvalue weighted by Gasteiger charge is -2.34. The van der Waals surface area contributed by atoms with E-state index in [-0.39, 0.29) is 0 Å². The van der Waals surface area contributed by atoms with Crippen molar-refractivity contribution in [3.05, 3.63) is 168 Å². The number of para-hydroxylation sites is 1. The fourth-order valence-electron chi connectivity index (χ4n) is 6.53. The first-order chi connectivity index (χ1) is 18.9. The van der Waals surface area contributed by atoms with E-state index in [4.69, 9.17) is 5.10 Å². The Morgan fingerprint density at radius 1 is 0.474 bits per heavy atom. The molecule has 38 heavy (non-hydrogen) atoms. The Morgan fingerprint density at radius 3 is 1.92 bits per heavy atom. The van der Waals surface area contributed by atoms with Crippen LogP contribution in [0.2, 0.25) is 0 Å². The number of pyridine rings is 1. The Kier molecular flexibility index (Phi) is 4.47. The molecule has 0 unspecified atom stereocenters. The van der Waals surface area contributed by atoms with Gasteiger partial charge in [0.05, 0.1) is 22.6 Å². The number of nitrogens with zero attached hydrogens (tertiary/aromatic N) is 2. The van der Waals surface area contributed by atoms with Gasteiger partial charge in [-0.1, -0.05) is 121 Å². The van der Waals surface area contributed by atoms with Gasteiger partial charge in [-0.3, -0.25) is 0 Å². The van der Waals surface area contributed by atoms with Crippen LogP contribution in [-0.4, -0.2) is 9.61 Å². The second kappa shape index (κ2) is 8.03. The van der Waals surface area contributed by atoms with E-state index in [2.05, 4.69) is 144 Å². The third-order valence-corrected chi connectivity index (χ3v) is 8.16. The van der Waals surface area contributed by atoms with E-state index in [0.717, 1.165) is 16.6 Å². The molecule has 5 aromatic carbocycles. The molecule has 0 N–H and O–H groups in total. The molecule has 0 saturated heterocycles. The molecule has 2 aromatic heterocycles. The number of hydrogen-bond donors (Lipinski definition) is 0. The molecule has 1 aliphatic carbocycles. The van der Waals surface area contributed by atoms with Crippen LogP contribution in [0.1, 0.15) is 22.3 Å². The molecule has 0 fully saturated rings. The van der Waals surface area contributed by atoms with Crippen LogP contribution in [0.3, 0.4) is 0 Å². The summed E-state index contributed by atoms with van der Waals surface area (Å²) in [6.45, 7) is 0. The van der Waals surface area contributed by atoms with E-state index in [1.165, 1.54) is 44.3 Å². The summed E-state index contributed by atoms with van der Waals surface area (Å²) < 4.78 is 2.06. The van der Waals surface area contributed by atoms with Crippen LogP contribution in [0, 0.1) is 0 Å². The van der Waals surface area contributed by atoms with Crippen molar-refractivity contribution in [2.45, 2.75) is 5.41 Å². The van der Waals surface area contributed by atoms with Gasteiger partial charge in [0.1, 0.15) is 0 Å². The van der Waals surface area contributed by atoms with Crippen LogP contribution in [0.4, 0.5) is 0 Å². The van der Waals surface area contributed by atoms with Gasteiger partial charge in [0.15, 0.2) is 0 Å². The van der Waals surface area contributed by atoms with Gasteiger partial charge >= 0.3 is 0 Å². The van der Waals surface area contributed by atoms with Gasteiger partial charge in [-0.2, -0.15) is 5.10 Å². The van der Waals surface area contributed by atoms with Crippen molar-refractivity contribution in [2.24, 2.45) is 0 Å². The van der Waals surface area contributed by atoms with Gasteiger partial charge in [-0.25, -0.2) is 4.52 Å². The van der Waals surface area contributed by atoms with Crippen LogP contribution < -0.4 is 0 Å². The summed E-state index contributed by atoms with van der Waals surface area (Å²) in [4.78, 5) is 0. The summed E-state index contributed by atoms with van der Waals surface area (Å²) in [5.41, 5.74) is 11.9. The first-order valence-electron chi connectivity index (χ1n) is 13.1. The summed E-state index contributed by atoms with van der Waals surface area (Å²) in [6.07, 6.45) is 2.01. The van der Waals surface area contributed by atoms with Gasteiger partial charge in [0.2, 0.25) is 0 Å². The van der Waals surface area contributed by atoms with E-state index >= 15 is 0 Å². The molecule has 2 heteroatoms. The minimum absolute atomic E-state index is 0.403. The molecule has 0 saturated carbocycles. The summed E-state index contributed by atoms with van der Waals surface area (Å²) in [5, 5.41) is 6.01. The number of benzene rings is 5. The lowest BCUT2D eigenvalue weighted by molar-refractivity contribution is 0.769. The largest absolute Gasteiger partial charge is 0.232 e. The SMILES string of the molecule is c1ccc(C2(c3ccccc3)c3ccccc3-c3ccc(-c4cnn5c4ccc4ccccc45)cc32)cc1. The molecule has 0 amide bonds. The van der Waals surface area contributed by atoms with Crippen molar-refractivity contribution in [3.63, 3.8) is 0 Å². The molecule has 0 radical (unpaired) electrons. The van der Waals surface area contributed by atoms with Crippen molar-refractivity contribution >= 4 is 16.4 Å². The van der Waals surface area contributed by atoms with E-state index < -0.39 is 5.41 Å². The summed E-state index contributed by atoms with van der Waals surface area (Å²) in [7, 11) is 0. The zero-order valence-corrected chi connectivity index (χ0v) is 20.8. The number of fused-ring (bicyclic) bond motifs is 6. The predicted octanol–water partition coefficient (Wildman–Crippen LogP) is 8.52. The van der Waals surface area contributed by atoms with E-state index in [0.29, 0.717) is 0 Å². The molecule has 2 heterocycles. The zero-order valence-electron chi connectivity index (χ0n) is 20.8. The van der Waals surface area contributed by atoms with E-state index in [1.807, 2.05) is 6.20 Å². The predicted molar refractivity (Wildman–Crippen MR) is 155 cm³/mol. The Morgan fingerprint density at radius 2 is 1.13 bits per heavy atom. The molecule has 0 spiro atoms. The molecule has 7 aromatic rings. The van der Waals surface area contributed by atoms with Crippen LogP contribution in [0.15, 0.2) is 146 Å². The maximum atomic E-state index is 4.83. The van der Waals surface area contributed by atoms with Crippen LogP contribution >= 0.6 is 0 Å². The quantitative estimate of drug-likeness (QED) is 0.246. The molecule has 2 nitrogen and oxygen atoms in total. The van der Waals surface area contributed by atoms with E-state index in [9.17, 15) is 0 Å². The van der Waals surface area contributed by atoms with E-state index in [1.54, 1.807) is 0 Å². The summed E-state index contributed by atoms with van der Waals surface area (Å²) in [5.74, 6) is 0. The first kappa shape index (κ1) is 21.2.